The summed E-state index contributed by atoms with van der Waals surface area (Å²) in [7, 11) is 5.26. The van der Waals surface area contributed by atoms with Gasteiger partial charge >= 0.3 is 6.09 Å². The lowest BCUT2D eigenvalue weighted by atomic mass is 10.3. The summed E-state index contributed by atoms with van der Waals surface area (Å²) in [6.45, 7) is 3.33. The Labute approximate surface area is 66.7 Å². The summed E-state index contributed by atoms with van der Waals surface area (Å²) < 4.78 is 4.58. The molecule has 0 saturated carbocycles. The predicted molar refractivity (Wildman–Crippen MR) is 40.0 cm³/mol. The van der Waals surface area contributed by atoms with Gasteiger partial charge in [0.1, 0.15) is 0 Å². The highest BCUT2D eigenvalue weighted by molar-refractivity contribution is 5.67. The molecule has 0 aliphatic carbocycles. The van der Waals surface area contributed by atoms with Gasteiger partial charge in [-0.3, -0.25) is 4.90 Å². The van der Waals surface area contributed by atoms with Gasteiger partial charge < -0.3 is 9.64 Å². The number of piperazine rings is 1. The van der Waals surface area contributed by atoms with Crippen LogP contribution in [-0.2, 0) is 4.74 Å². The van der Waals surface area contributed by atoms with Crippen molar-refractivity contribution in [1.29, 1.82) is 0 Å². The van der Waals surface area contributed by atoms with Gasteiger partial charge in [0.05, 0.1) is 33.3 Å². The molecule has 4 nitrogen and oxygen atoms in total. The topological polar surface area (TPSA) is 34.0 Å². The number of quaternary nitrogens is 1. The van der Waals surface area contributed by atoms with Crippen LogP contribution in [0.1, 0.15) is 0 Å². The third kappa shape index (κ3) is 2.08. The van der Waals surface area contributed by atoms with Crippen LogP contribution >= 0.6 is 0 Å². The molecule has 1 saturated heterocycles. The number of nitrogens with zero attached hydrogens (tertiary/aromatic N) is 1. The maximum absolute atomic E-state index is 10.9. The van der Waals surface area contributed by atoms with E-state index in [1.165, 1.54) is 12.0 Å². The molecule has 0 radical (unpaired) electrons. The Morgan fingerprint density at radius 1 is 1.55 bits per heavy atom. The molecular weight excluding hydrogens is 144 g/mol. The zero-order chi connectivity index (χ0) is 8.27. The van der Waals surface area contributed by atoms with Crippen LogP contribution in [0.5, 0.6) is 0 Å². The fraction of sp³-hybridized carbons (Fsp3) is 0.714. The first-order chi connectivity index (χ1) is 5.24. The average Bonchev–Trinajstić information content (AvgIpc) is 2.05. The van der Waals surface area contributed by atoms with Gasteiger partial charge in [-0.05, 0) is 0 Å². The van der Waals surface area contributed by atoms with Crippen molar-refractivity contribution in [2.75, 3.05) is 33.3 Å². The van der Waals surface area contributed by atoms with Gasteiger partial charge in [-0.25, -0.2) is 4.79 Å². The number of ether oxygens (including phenoxy) is 1. The van der Waals surface area contributed by atoms with Crippen molar-refractivity contribution >= 4 is 6.09 Å². The SMILES string of the molecule is [CH2-][NH+]1CCN(C(=O)OC)CC1. The van der Waals surface area contributed by atoms with E-state index >= 15 is 0 Å². The lowest BCUT2D eigenvalue weighted by Gasteiger charge is -2.32. The average molecular weight is 158 g/mol. The van der Waals surface area contributed by atoms with Crippen LogP contribution < -0.4 is 4.90 Å². The second-order valence-electron chi connectivity index (χ2n) is 2.71. The van der Waals surface area contributed by atoms with E-state index in [9.17, 15) is 4.79 Å². The van der Waals surface area contributed by atoms with Crippen LogP contribution in [0.15, 0.2) is 0 Å². The number of carbonyl (C=O) groups is 1. The molecule has 0 atom stereocenters. The van der Waals surface area contributed by atoms with Gasteiger partial charge in [0.25, 0.3) is 0 Å². The molecule has 0 unspecified atom stereocenters. The molecule has 1 aliphatic rings. The molecule has 64 valence electrons. The van der Waals surface area contributed by atoms with E-state index in [-0.39, 0.29) is 6.09 Å². The molecule has 0 bridgehead atoms. The maximum atomic E-state index is 10.9. The van der Waals surface area contributed by atoms with E-state index in [1.54, 1.807) is 4.90 Å². The first-order valence-corrected chi connectivity index (χ1v) is 3.73. The molecule has 1 rings (SSSR count). The minimum Gasteiger partial charge on any atom is -0.465 e. The van der Waals surface area contributed by atoms with E-state index in [1.807, 2.05) is 0 Å². The fourth-order valence-corrected chi connectivity index (χ4v) is 1.13. The number of methoxy groups -OCH3 is 1. The van der Waals surface area contributed by atoms with E-state index in [0.717, 1.165) is 26.2 Å². The Hall–Kier alpha value is -0.770. The minimum absolute atomic E-state index is 0.225. The summed E-state index contributed by atoms with van der Waals surface area (Å²) in [6, 6.07) is 0. The van der Waals surface area contributed by atoms with E-state index in [2.05, 4.69) is 11.8 Å². The first kappa shape index (κ1) is 8.33. The molecule has 0 aromatic carbocycles. The fourth-order valence-electron chi connectivity index (χ4n) is 1.13. The molecule has 1 N–H and O–H groups in total. The van der Waals surface area contributed by atoms with Crippen LogP contribution in [0.2, 0.25) is 0 Å². The number of nitrogens with one attached hydrogen (secondary N) is 1. The molecule has 1 fully saturated rings. The van der Waals surface area contributed by atoms with Crippen LogP contribution in [0.3, 0.4) is 0 Å². The molecule has 1 heterocycles. The molecule has 1 aliphatic heterocycles. The zero-order valence-corrected chi connectivity index (χ0v) is 6.80. The Morgan fingerprint density at radius 3 is 2.55 bits per heavy atom. The lowest BCUT2D eigenvalue weighted by molar-refractivity contribution is -0.858. The van der Waals surface area contributed by atoms with Gasteiger partial charge in [0.15, 0.2) is 0 Å². The monoisotopic (exact) mass is 158 g/mol. The van der Waals surface area contributed by atoms with E-state index in [0.29, 0.717) is 0 Å². The third-order valence-corrected chi connectivity index (χ3v) is 1.90. The van der Waals surface area contributed by atoms with E-state index < -0.39 is 0 Å². The molecule has 0 aromatic rings. The largest absolute Gasteiger partial charge is 0.465 e. The number of hydrogen-bond donors (Lipinski definition) is 1. The second-order valence-corrected chi connectivity index (χ2v) is 2.71. The maximum Gasteiger partial charge on any atom is 0.409 e. The molecule has 4 heteroatoms. The standard InChI is InChI=1S/C7H14N2O2/c1-8-3-5-9(6-4-8)7(10)11-2/h8H,1,3-6H2,2H3. The smallest absolute Gasteiger partial charge is 0.409 e. The highest BCUT2D eigenvalue weighted by Gasteiger charge is 2.19. The number of hydrogen-bond acceptors (Lipinski definition) is 2. The number of rotatable bonds is 0. The van der Waals surface area contributed by atoms with Crippen molar-refractivity contribution in [1.82, 2.24) is 4.90 Å². The van der Waals surface area contributed by atoms with Gasteiger partial charge in [0, 0.05) is 0 Å². The van der Waals surface area contributed by atoms with Crippen LogP contribution in [0.25, 0.3) is 0 Å². The van der Waals surface area contributed by atoms with Gasteiger partial charge in [-0.1, -0.05) is 0 Å². The van der Waals surface area contributed by atoms with E-state index in [4.69, 9.17) is 0 Å². The van der Waals surface area contributed by atoms with Crippen molar-refractivity contribution in [2.45, 2.75) is 0 Å². The van der Waals surface area contributed by atoms with Gasteiger partial charge in [0.2, 0.25) is 0 Å². The summed E-state index contributed by atoms with van der Waals surface area (Å²) in [4.78, 5) is 13.9. The van der Waals surface area contributed by atoms with Crippen molar-refractivity contribution in [2.24, 2.45) is 0 Å². The normalized spacial score (nSPS) is 20.0. The van der Waals surface area contributed by atoms with Crippen molar-refractivity contribution in [3.8, 4) is 0 Å². The molecule has 1 amide bonds. The molecule has 11 heavy (non-hydrogen) atoms. The number of carbonyl (C=O) groups excluding carboxylic acids is 1. The highest BCUT2D eigenvalue weighted by Crippen LogP contribution is 1.92. The Morgan fingerprint density at radius 2 is 2.09 bits per heavy atom. The molecular formula is C7H14N2O2. The third-order valence-electron chi connectivity index (χ3n) is 1.90. The summed E-state index contributed by atoms with van der Waals surface area (Å²) >= 11 is 0. The second kappa shape index (κ2) is 3.57. The van der Waals surface area contributed by atoms with Gasteiger partial charge in [-0.2, -0.15) is 7.05 Å². The van der Waals surface area contributed by atoms with Gasteiger partial charge in [-0.15, -0.1) is 0 Å². The molecule has 0 spiro atoms. The predicted octanol–water partition coefficient (Wildman–Crippen LogP) is -1.26. The highest BCUT2D eigenvalue weighted by atomic mass is 16.5. The Balaban J connectivity index is 2.33. The van der Waals surface area contributed by atoms with Crippen LogP contribution in [-0.4, -0.2) is 44.3 Å². The van der Waals surface area contributed by atoms with Crippen LogP contribution in [0, 0.1) is 7.05 Å². The van der Waals surface area contributed by atoms with Crippen molar-refractivity contribution in [3.05, 3.63) is 7.05 Å². The van der Waals surface area contributed by atoms with Crippen LogP contribution in [0.4, 0.5) is 4.79 Å². The summed E-state index contributed by atoms with van der Waals surface area (Å²) in [5.41, 5.74) is 0. The Bertz CT molecular complexity index is 141. The van der Waals surface area contributed by atoms with Crippen molar-refractivity contribution < 1.29 is 14.4 Å². The summed E-state index contributed by atoms with van der Waals surface area (Å²) in [6.07, 6.45) is -0.225. The quantitative estimate of drug-likeness (QED) is 0.447. The minimum atomic E-state index is -0.225. The number of amides is 1. The molecule has 0 aromatic heterocycles. The summed E-state index contributed by atoms with van der Waals surface area (Å²) in [5, 5.41) is 0. The lowest BCUT2D eigenvalue weighted by Crippen LogP contribution is -3.10. The Kier molecular flexibility index (Phi) is 2.70. The zero-order valence-electron chi connectivity index (χ0n) is 6.80. The van der Waals surface area contributed by atoms with Crippen molar-refractivity contribution in [3.63, 3.8) is 0 Å². The first-order valence-electron chi connectivity index (χ1n) is 3.73. The summed E-state index contributed by atoms with van der Waals surface area (Å²) in [5.74, 6) is 0.